The van der Waals surface area contributed by atoms with Crippen LogP contribution in [0.3, 0.4) is 0 Å². The van der Waals surface area contributed by atoms with Gasteiger partial charge < -0.3 is 20.2 Å². The lowest BCUT2D eigenvalue weighted by molar-refractivity contribution is 0.128. The zero-order valence-electron chi connectivity index (χ0n) is 11.6. The number of para-hydroxylation sites is 1. The third kappa shape index (κ3) is 3.60. The van der Waals surface area contributed by atoms with Gasteiger partial charge in [-0.25, -0.2) is 9.18 Å². The number of hydrogen-bond donors (Lipinski definition) is 2. The predicted molar refractivity (Wildman–Crippen MR) is 75.7 cm³/mol. The van der Waals surface area contributed by atoms with Crippen molar-refractivity contribution in [1.82, 2.24) is 10.2 Å². The van der Waals surface area contributed by atoms with Gasteiger partial charge in [-0.05, 0) is 18.6 Å². The molecule has 2 rings (SSSR count). The van der Waals surface area contributed by atoms with E-state index >= 15 is 0 Å². The van der Waals surface area contributed by atoms with E-state index in [4.69, 9.17) is 5.11 Å². The zero-order chi connectivity index (χ0) is 14.5. The van der Waals surface area contributed by atoms with Gasteiger partial charge in [-0.1, -0.05) is 12.1 Å². The van der Waals surface area contributed by atoms with Crippen LogP contribution in [-0.4, -0.2) is 55.4 Å². The second kappa shape index (κ2) is 6.56. The van der Waals surface area contributed by atoms with Crippen molar-refractivity contribution in [3.8, 4) is 0 Å². The van der Waals surface area contributed by atoms with E-state index in [1.807, 2.05) is 11.9 Å². The van der Waals surface area contributed by atoms with Crippen molar-refractivity contribution in [3.05, 3.63) is 30.1 Å². The number of anilines is 1. The highest BCUT2D eigenvalue weighted by Gasteiger charge is 2.22. The van der Waals surface area contributed by atoms with Crippen molar-refractivity contribution >= 4 is 11.8 Å². The molecule has 0 spiro atoms. The van der Waals surface area contributed by atoms with Gasteiger partial charge in [0.2, 0.25) is 0 Å². The molecular formula is C14H20FN3O2. The molecule has 1 aliphatic heterocycles. The molecule has 0 radical (unpaired) electrons. The van der Waals surface area contributed by atoms with E-state index < -0.39 is 6.09 Å². The van der Waals surface area contributed by atoms with E-state index in [2.05, 4.69) is 5.32 Å². The number of carbonyl (C=O) groups is 1. The van der Waals surface area contributed by atoms with E-state index in [1.165, 1.54) is 11.0 Å². The van der Waals surface area contributed by atoms with Crippen molar-refractivity contribution < 1.29 is 14.3 Å². The van der Waals surface area contributed by atoms with Crippen LogP contribution in [0, 0.1) is 5.82 Å². The van der Waals surface area contributed by atoms with Gasteiger partial charge >= 0.3 is 6.09 Å². The highest BCUT2D eigenvalue weighted by atomic mass is 19.1. The van der Waals surface area contributed by atoms with Gasteiger partial charge in [0.25, 0.3) is 0 Å². The van der Waals surface area contributed by atoms with Crippen LogP contribution in [0.5, 0.6) is 0 Å². The van der Waals surface area contributed by atoms with Crippen molar-refractivity contribution in [2.45, 2.75) is 12.5 Å². The number of rotatable bonds is 4. The third-order valence-electron chi connectivity index (χ3n) is 3.60. The zero-order valence-corrected chi connectivity index (χ0v) is 11.6. The molecule has 0 aliphatic carbocycles. The summed E-state index contributed by atoms with van der Waals surface area (Å²) in [6, 6.07) is 6.78. The fourth-order valence-electron chi connectivity index (χ4n) is 2.42. The molecule has 1 saturated heterocycles. The maximum absolute atomic E-state index is 13.6. The molecule has 1 aromatic carbocycles. The van der Waals surface area contributed by atoms with E-state index in [-0.39, 0.29) is 11.9 Å². The highest BCUT2D eigenvalue weighted by Crippen LogP contribution is 2.17. The molecule has 0 bridgehead atoms. The third-order valence-corrected chi connectivity index (χ3v) is 3.60. The second-order valence-electron chi connectivity index (χ2n) is 5.04. The summed E-state index contributed by atoms with van der Waals surface area (Å²) in [4.78, 5) is 14.2. The summed E-state index contributed by atoms with van der Waals surface area (Å²) in [5.74, 6) is -0.237. The number of nitrogens with zero attached hydrogens (tertiary/aromatic N) is 2. The summed E-state index contributed by atoms with van der Waals surface area (Å²) in [5.41, 5.74) is 0.568. The van der Waals surface area contributed by atoms with Gasteiger partial charge in [-0.2, -0.15) is 0 Å². The molecule has 1 fully saturated rings. The van der Waals surface area contributed by atoms with Crippen LogP contribution in [0.2, 0.25) is 0 Å². The number of carboxylic acid groups (broad SMARTS) is 1. The summed E-state index contributed by atoms with van der Waals surface area (Å²) in [7, 11) is 1.84. The van der Waals surface area contributed by atoms with Gasteiger partial charge in [0.1, 0.15) is 5.82 Å². The fourth-order valence-corrected chi connectivity index (χ4v) is 2.42. The maximum Gasteiger partial charge on any atom is 0.407 e. The first-order chi connectivity index (χ1) is 9.58. The largest absolute Gasteiger partial charge is 0.465 e. The molecule has 1 heterocycles. The molecule has 0 unspecified atom stereocenters. The number of nitrogens with one attached hydrogen (secondary N) is 1. The average molecular weight is 281 g/mol. The first-order valence-electron chi connectivity index (χ1n) is 6.75. The number of benzene rings is 1. The molecule has 0 aromatic heterocycles. The van der Waals surface area contributed by atoms with Gasteiger partial charge in [-0.3, -0.25) is 0 Å². The van der Waals surface area contributed by atoms with Gasteiger partial charge in [0.15, 0.2) is 0 Å². The van der Waals surface area contributed by atoms with Crippen LogP contribution in [0.15, 0.2) is 24.3 Å². The molecule has 20 heavy (non-hydrogen) atoms. The van der Waals surface area contributed by atoms with Crippen molar-refractivity contribution in [2.24, 2.45) is 0 Å². The summed E-state index contributed by atoms with van der Waals surface area (Å²) < 4.78 is 13.6. The minimum Gasteiger partial charge on any atom is -0.465 e. The molecule has 0 saturated carbocycles. The minimum absolute atomic E-state index is 0.120. The molecule has 1 amide bonds. The first kappa shape index (κ1) is 14.6. The molecular weight excluding hydrogens is 261 g/mol. The SMILES string of the molecule is CN(CC[C@@H]1CN(C(=O)O)CCN1)c1ccccc1F. The number of piperazine rings is 1. The molecule has 110 valence electrons. The first-order valence-corrected chi connectivity index (χ1v) is 6.75. The molecule has 2 N–H and O–H groups in total. The summed E-state index contributed by atoms with van der Waals surface area (Å²) in [6.07, 6.45) is -0.104. The quantitative estimate of drug-likeness (QED) is 0.880. The Morgan fingerprint density at radius 3 is 3.00 bits per heavy atom. The Hall–Kier alpha value is -1.82. The van der Waals surface area contributed by atoms with Crippen molar-refractivity contribution in [2.75, 3.05) is 38.1 Å². The van der Waals surface area contributed by atoms with E-state index in [1.54, 1.807) is 18.2 Å². The summed E-state index contributed by atoms with van der Waals surface area (Å²) >= 11 is 0. The lowest BCUT2D eigenvalue weighted by Crippen LogP contribution is -2.53. The number of halogens is 1. The second-order valence-corrected chi connectivity index (χ2v) is 5.04. The fraction of sp³-hybridized carbons (Fsp3) is 0.500. The standard InChI is InChI=1S/C14H20FN3O2/c1-17(13-5-3-2-4-12(13)15)8-6-11-10-18(14(19)20)9-7-16-11/h2-5,11,16H,6-10H2,1H3,(H,19,20)/t11-/m1/s1. The molecule has 1 atom stereocenters. The van der Waals surface area contributed by atoms with Crippen LogP contribution < -0.4 is 10.2 Å². The van der Waals surface area contributed by atoms with E-state index in [0.717, 1.165) is 6.42 Å². The summed E-state index contributed by atoms with van der Waals surface area (Å²) in [5, 5.41) is 12.3. The molecule has 1 aliphatic rings. The monoisotopic (exact) mass is 281 g/mol. The topological polar surface area (TPSA) is 55.8 Å². The summed E-state index contributed by atoms with van der Waals surface area (Å²) in [6.45, 7) is 2.35. The van der Waals surface area contributed by atoms with Crippen LogP contribution in [0.4, 0.5) is 14.9 Å². The Balaban J connectivity index is 1.86. The van der Waals surface area contributed by atoms with Crippen LogP contribution in [-0.2, 0) is 0 Å². The van der Waals surface area contributed by atoms with Crippen LogP contribution >= 0.6 is 0 Å². The Morgan fingerprint density at radius 1 is 1.55 bits per heavy atom. The van der Waals surface area contributed by atoms with Crippen molar-refractivity contribution in [3.63, 3.8) is 0 Å². The molecule has 1 aromatic rings. The molecule has 5 nitrogen and oxygen atoms in total. The number of hydrogen-bond acceptors (Lipinski definition) is 3. The van der Waals surface area contributed by atoms with Gasteiger partial charge in [0.05, 0.1) is 5.69 Å². The van der Waals surface area contributed by atoms with E-state index in [0.29, 0.717) is 31.9 Å². The Bertz CT molecular complexity index is 469. The van der Waals surface area contributed by atoms with Gasteiger partial charge in [0, 0.05) is 39.3 Å². The number of amides is 1. The Kier molecular flexibility index (Phi) is 4.79. The molecule has 6 heteroatoms. The predicted octanol–water partition coefficient (Wildman–Crippen LogP) is 1.60. The lowest BCUT2D eigenvalue weighted by Gasteiger charge is -2.33. The van der Waals surface area contributed by atoms with Crippen molar-refractivity contribution in [1.29, 1.82) is 0 Å². The minimum atomic E-state index is -0.876. The average Bonchev–Trinajstić information content (AvgIpc) is 2.45. The van der Waals surface area contributed by atoms with Crippen LogP contribution in [0.25, 0.3) is 0 Å². The maximum atomic E-state index is 13.6. The lowest BCUT2D eigenvalue weighted by atomic mass is 10.1. The van der Waals surface area contributed by atoms with Gasteiger partial charge in [-0.15, -0.1) is 0 Å². The van der Waals surface area contributed by atoms with Crippen LogP contribution in [0.1, 0.15) is 6.42 Å². The smallest absolute Gasteiger partial charge is 0.407 e. The van der Waals surface area contributed by atoms with E-state index in [9.17, 15) is 9.18 Å². The highest BCUT2D eigenvalue weighted by molar-refractivity contribution is 5.65. The Morgan fingerprint density at radius 2 is 2.30 bits per heavy atom. The Labute approximate surface area is 118 Å². The normalized spacial score (nSPS) is 18.9.